The Kier molecular flexibility index (Phi) is 8.98. The first kappa shape index (κ1) is 23.7. The van der Waals surface area contributed by atoms with Gasteiger partial charge in [0, 0.05) is 57.4 Å². The Morgan fingerprint density at radius 3 is 2.52 bits per heavy atom. The minimum absolute atomic E-state index is 0. The molecule has 162 valence electrons. The fourth-order valence-corrected chi connectivity index (χ4v) is 4.57. The molecule has 1 aromatic rings. The van der Waals surface area contributed by atoms with Gasteiger partial charge in [0.15, 0.2) is 5.96 Å². The van der Waals surface area contributed by atoms with E-state index < -0.39 is 0 Å². The Labute approximate surface area is 191 Å². The van der Waals surface area contributed by atoms with Crippen molar-refractivity contribution in [3.05, 3.63) is 23.9 Å². The summed E-state index contributed by atoms with van der Waals surface area (Å²) in [7, 11) is 1.85. The smallest absolute Gasteiger partial charge is 0.220 e. The zero-order valence-electron chi connectivity index (χ0n) is 17.8. The number of pyridine rings is 1. The summed E-state index contributed by atoms with van der Waals surface area (Å²) >= 11 is 0. The number of nitrogens with one attached hydrogen (secondary N) is 1. The molecule has 29 heavy (non-hydrogen) atoms. The van der Waals surface area contributed by atoms with Gasteiger partial charge in [-0.05, 0) is 37.2 Å². The molecule has 1 aromatic heterocycles. The van der Waals surface area contributed by atoms with E-state index in [1.807, 2.05) is 19.3 Å². The SMILES string of the molecule is CN=C(NCc1cccnc1N1CCC(C(N)=O)CC1)N1CC(C)CC(C)C1.I. The van der Waals surface area contributed by atoms with E-state index >= 15 is 0 Å². The Morgan fingerprint density at radius 1 is 1.28 bits per heavy atom. The minimum atomic E-state index is -0.184. The molecule has 0 aliphatic carbocycles. The van der Waals surface area contributed by atoms with Gasteiger partial charge in [-0.1, -0.05) is 19.9 Å². The number of carbonyl (C=O) groups excluding carboxylic acids is 1. The van der Waals surface area contributed by atoms with Gasteiger partial charge < -0.3 is 20.9 Å². The summed E-state index contributed by atoms with van der Waals surface area (Å²) in [6, 6.07) is 4.09. The summed E-state index contributed by atoms with van der Waals surface area (Å²) in [5.74, 6) is 3.12. The van der Waals surface area contributed by atoms with Gasteiger partial charge in [-0.3, -0.25) is 9.79 Å². The van der Waals surface area contributed by atoms with E-state index in [4.69, 9.17) is 5.73 Å². The first-order chi connectivity index (χ1) is 13.5. The molecule has 2 unspecified atom stereocenters. The highest BCUT2D eigenvalue weighted by atomic mass is 127. The van der Waals surface area contributed by atoms with Crippen LogP contribution in [0.15, 0.2) is 23.3 Å². The lowest BCUT2D eigenvalue weighted by Crippen LogP contribution is -2.48. The number of hydrogen-bond acceptors (Lipinski definition) is 4. The number of nitrogens with zero attached hydrogens (tertiary/aromatic N) is 4. The average molecular weight is 514 g/mol. The summed E-state index contributed by atoms with van der Waals surface area (Å²) in [6.07, 6.45) is 4.71. The van der Waals surface area contributed by atoms with Crippen molar-refractivity contribution in [3.63, 3.8) is 0 Å². The monoisotopic (exact) mass is 514 g/mol. The molecule has 0 saturated carbocycles. The van der Waals surface area contributed by atoms with E-state index in [0.29, 0.717) is 18.4 Å². The Morgan fingerprint density at radius 2 is 1.93 bits per heavy atom. The molecule has 3 heterocycles. The van der Waals surface area contributed by atoms with Crippen LogP contribution in [0.3, 0.4) is 0 Å². The molecule has 1 amide bonds. The number of aromatic nitrogens is 1. The van der Waals surface area contributed by atoms with Crippen molar-refractivity contribution in [3.8, 4) is 0 Å². The molecule has 8 heteroatoms. The zero-order chi connectivity index (χ0) is 20.1. The average Bonchev–Trinajstić information content (AvgIpc) is 2.68. The second kappa shape index (κ2) is 11.0. The number of halogens is 1. The standard InChI is InChI=1S/C21H34N6O.HI/c1-15-11-16(2)14-27(13-15)21(23-3)25-12-18-5-4-8-24-20(18)26-9-6-17(7-10-26)19(22)28;/h4-5,8,15-17H,6-7,9-14H2,1-3H3,(H2,22,28)(H,23,25);1H. The molecule has 3 rings (SSSR count). The molecule has 2 fully saturated rings. The molecule has 3 N–H and O–H groups in total. The lowest BCUT2D eigenvalue weighted by molar-refractivity contribution is -0.122. The van der Waals surface area contributed by atoms with Crippen LogP contribution in [0.2, 0.25) is 0 Å². The summed E-state index contributed by atoms with van der Waals surface area (Å²) in [5.41, 5.74) is 6.62. The van der Waals surface area contributed by atoms with E-state index in [-0.39, 0.29) is 35.8 Å². The predicted octanol–water partition coefficient (Wildman–Crippen LogP) is 2.45. The molecular formula is C21H35IN6O. The van der Waals surface area contributed by atoms with Crippen LogP contribution in [0.25, 0.3) is 0 Å². The lowest BCUT2D eigenvalue weighted by atomic mass is 9.92. The van der Waals surface area contributed by atoms with Crippen molar-refractivity contribution in [2.75, 3.05) is 38.1 Å². The van der Waals surface area contributed by atoms with E-state index in [9.17, 15) is 4.79 Å². The van der Waals surface area contributed by atoms with Crippen molar-refractivity contribution in [2.24, 2.45) is 28.5 Å². The Balaban J connectivity index is 0.00000300. The van der Waals surface area contributed by atoms with Gasteiger partial charge in [0.1, 0.15) is 5.82 Å². The van der Waals surface area contributed by atoms with Gasteiger partial charge >= 0.3 is 0 Å². The van der Waals surface area contributed by atoms with Crippen LogP contribution in [0.1, 0.15) is 38.7 Å². The molecule has 2 saturated heterocycles. The first-order valence-corrected chi connectivity index (χ1v) is 10.4. The van der Waals surface area contributed by atoms with Crippen LogP contribution in [0, 0.1) is 17.8 Å². The Bertz CT molecular complexity index is 694. The number of likely N-dealkylation sites (tertiary alicyclic amines) is 1. The molecule has 0 bridgehead atoms. The van der Waals surface area contributed by atoms with E-state index in [0.717, 1.165) is 56.4 Å². The zero-order valence-corrected chi connectivity index (χ0v) is 20.1. The summed E-state index contributed by atoms with van der Waals surface area (Å²) in [5, 5.41) is 3.54. The normalized spacial score (nSPS) is 23.5. The second-order valence-corrected chi connectivity index (χ2v) is 8.40. The van der Waals surface area contributed by atoms with Crippen LogP contribution in [0.5, 0.6) is 0 Å². The number of anilines is 1. The molecule has 2 aliphatic heterocycles. The third kappa shape index (κ3) is 6.20. The van der Waals surface area contributed by atoms with E-state index in [1.54, 1.807) is 0 Å². The summed E-state index contributed by atoms with van der Waals surface area (Å²) < 4.78 is 0. The Hall–Kier alpha value is -1.58. The number of primary amides is 1. The highest BCUT2D eigenvalue weighted by Crippen LogP contribution is 2.25. The topological polar surface area (TPSA) is 86.9 Å². The van der Waals surface area contributed by atoms with Gasteiger partial charge in [-0.25, -0.2) is 4.98 Å². The third-order valence-electron chi connectivity index (χ3n) is 5.88. The van der Waals surface area contributed by atoms with Crippen molar-refractivity contribution in [1.29, 1.82) is 0 Å². The number of amides is 1. The van der Waals surface area contributed by atoms with Crippen molar-refractivity contribution < 1.29 is 4.79 Å². The van der Waals surface area contributed by atoms with E-state index in [2.05, 4.69) is 45.0 Å². The molecule has 2 atom stereocenters. The van der Waals surface area contributed by atoms with Gasteiger partial charge in [0.2, 0.25) is 5.91 Å². The number of rotatable bonds is 4. The molecule has 2 aliphatic rings. The van der Waals surface area contributed by atoms with Crippen molar-refractivity contribution >= 4 is 41.7 Å². The second-order valence-electron chi connectivity index (χ2n) is 8.40. The molecule has 0 spiro atoms. The van der Waals surface area contributed by atoms with Gasteiger partial charge in [-0.2, -0.15) is 0 Å². The summed E-state index contributed by atoms with van der Waals surface area (Å²) in [4.78, 5) is 25.2. The molecule has 0 aromatic carbocycles. The maximum Gasteiger partial charge on any atom is 0.220 e. The largest absolute Gasteiger partial charge is 0.369 e. The van der Waals surface area contributed by atoms with Crippen LogP contribution in [-0.4, -0.2) is 55.0 Å². The van der Waals surface area contributed by atoms with Crippen LogP contribution in [0.4, 0.5) is 5.82 Å². The van der Waals surface area contributed by atoms with E-state index in [1.165, 1.54) is 6.42 Å². The maximum absolute atomic E-state index is 11.4. The lowest BCUT2D eigenvalue weighted by Gasteiger charge is -2.37. The van der Waals surface area contributed by atoms with Crippen LogP contribution >= 0.6 is 24.0 Å². The molecular weight excluding hydrogens is 479 g/mol. The molecule has 7 nitrogen and oxygen atoms in total. The van der Waals surface area contributed by atoms with Gasteiger partial charge in [0.05, 0.1) is 0 Å². The fourth-order valence-electron chi connectivity index (χ4n) is 4.57. The maximum atomic E-state index is 11.4. The summed E-state index contributed by atoms with van der Waals surface area (Å²) in [6.45, 7) is 9.02. The number of nitrogens with two attached hydrogens (primary N) is 1. The van der Waals surface area contributed by atoms with Crippen molar-refractivity contribution in [1.82, 2.24) is 15.2 Å². The van der Waals surface area contributed by atoms with Gasteiger partial charge in [0.25, 0.3) is 0 Å². The number of piperidine rings is 2. The number of hydrogen-bond donors (Lipinski definition) is 2. The quantitative estimate of drug-likeness (QED) is 0.366. The van der Waals surface area contributed by atoms with Crippen LogP contribution < -0.4 is 16.0 Å². The number of aliphatic imine (C=N–C) groups is 1. The minimum Gasteiger partial charge on any atom is -0.369 e. The number of carbonyl (C=O) groups is 1. The molecule has 0 radical (unpaired) electrons. The highest BCUT2D eigenvalue weighted by molar-refractivity contribution is 14.0. The third-order valence-corrected chi connectivity index (χ3v) is 5.88. The first-order valence-electron chi connectivity index (χ1n) is 10.4. The van der Waals surface area contributed by atoms with Gasteiger partial charge in [-0.15, -0.1) is 24.0 Å². The van der Waals surface area contributed by atoms with Crippen LogP contribution in [-0.2, 0) is 11.3 Å². The predicted molar refractivity (Wildman–Crippen MR) is 129 cm³/mol. The fraction of sp³-hybridized carbons (Fsp3) is 0.667. The highest BCUT2D eigenvalue weighted by Gasteiger charge is 2.26. The number of guanidine groups is 1. The van der Waals surface area contributed by atoms with Crippen molar-refractivity contribution in [2.45, 2.75) is 39.7 Å².